The molecule has 2 heteroatoms. The number of hydrogen-bond donors (Lipinski definition) is 2. The van der Waals surface area contributed by atoms with Crippen molar-refractivity contribution in [3.63, 3.8) is 0 Å². The summed E-state index contributed by atoms with van der Waals surface area (Å²) in [6.07, 6.45) is 8.88. The van der Waals surface area contributed by atoms with E-state index < -0.39 is 0 Å². The lowest BCUT2D eigenvalue weighted by Gasteiger charge is -2.31. The molecule has 22 heavy (non-hydrogen) atoms. The van der Waals surface area contributed by atoms with Crippen LogP contribution in [0.25, 0.3) is 0 Å². The van der Waals surface area contributed by atoms with E-state index in [0.29, 0.717) is 21.7 Å². The van der Waals surface area contributed by atoms with Crippen molar-refractivity contribution in [2.45, 2.75) is 105 Å². The van der Waals surface area contributed by atoms with Crippen molar-refractivity contribution in [2.75, 3.05) is 0 Å². The quantitative estimate of drug-likeness (QED) is 0.666. The van der Waals surface area contributed by atoms with E-state index in [1.807, 2.05) is 0 Å². The highest BCUT2D eigenvalue weighted by molar-refractivity contribution is 5.24. The summed E-state index contributed by atoms with van der Waals surface area (Å²) in [5, 5.41) is 18.7. The zero-order chi connectivity index (χ0) is 16.8. The molecule has 3 rings (SSSR count). The van der Waals surface area contributed by atoms with Crippen molar-refractivity contribution in [3.05, 3.63) is 0 Å². The molecular formula is C20H38O2. The van der Waals surface area contributed by atoms with Crippen LogP contribution >= 0.6 is 0 Å². The third-order valence-corrected chi connectivity index (χ3v) is 8.01. The predicted molar refractivity (Wildman–Crippen MR) is 92.7 cm³/mol. The van der Waals surface area contributed by atoms with Crippen LogP contribution in [0.4, 0.5) is 0 Å². The van der Waals surface area contributed by atoms with Crippen molar-refractivity contribution < 1.29 is 10.2 Å². The van der Waals surface area contributed by atoms with Gasteiger partial charge in [-0.25, -0.2) is 0 Å². The highest BCUT2D eigenvalue weighted by Crippen LogP contribution is 2.82. The molecule has 3 aliphatic rings. The first-order chi connectivity index (χ1) is 9.95. The van der Waals surface area contributed by atoms with E-state index in [-0.39, 0.29) is 12.2 Å². The van der Waals surface area contributed by atoms with E-state index in [1.54, 1.807) is 0 Å². The van der Waals surface area contributed by atoms with E-state index >= 15 is 0 Å². The molecule has 130 valence electrons. The first-order valence-corrected chi connectivity index (χ1v) is 9.31. The molecular weight excluding hydrogens is 272 g/mol. The van der Waals surface area contributed by atoms with Gasteiger partial charge in [0.15, 0.2) is 0 Å². The van der Waals surface area contributed by atoms with Crippen LogP contribution in [0.1, 0.15) is 92.9 Å². The minimum atomic E-state index is -0.0159. The zero-order valence-corrected chi connectivity index (χ0v) is 15.7. The van der Waals surface area contributed by atoms with Crippen molar-refractivity contribution in [1.82, 2.24) is 0 Å². The lowest BCUT2D eigenvalue weighted by Crippen LogP contribution is -2.23. The molecule has 0 bridgehead atoms. The third-order valence-electron chi connectivity index (χ3n) is 8.01. The lowest BCUT2D eigenvalue weighted by molar-refractivity contribution is 0.0800. The number of aliphatic hydroxyl groups excluding tert-OH is 2. The molecule has 1 spiro atoms. The topological polar surface area (TPSA) is 40.5 Å². The van der Waals surface area contributed by atoms with Gasteiger partial charge in [0.05, 0.1) is 12.2 Å². The molecule has 0 heterocycles. The van der Waals surface area contributed by atoms with Gasteiger partial charge in [0.25, 0.3) is 0 Å². The van der Waals surface area contributed by atoms with Crippen molar-refractivity contribution in [3.8, 4) is 0 Å². The first-order valence-electron chi connectivity index (χ1n) is 9.31. The van der Waals surface area contributed by atoms with Crippen LogP contribution in [0, 0.1) is 21.7 Å². The Balaban J connectivity index is 0.000000172. The van der Waals surface area contributed by atoms with Gasteiger partial charge in [0, 0.05) is 0 Å². The van der Waals surface area contributed by atoms with Gasteiger partial charge in [-0.15, -0.1) is 0 Å². The van der Waals surface area contributed by atoms with E-state index in [2.05, 4.69) is 41.5 Å². The molecule has 0 aliphatic heterocycles. The third kappa shape index (κ3) is 2.98. The van der Waals surface area contributed by atoms with Crippen LogP contribution in [0.15, 0.2) is 0 Å². The molecule has 0 radical (unpaired) electrons. The maximum atomic E-state index is 9.51. The fourth-order valence-corrected chi connectivity index (χ4v) is 5.27. The van der Waals surface area contributed by atoms with Crippen LogP contribution < -0.4 is 0 Å². The Morgan fingerprint density at radius 3 is 1.18 bits per heavy atom. The summed E-state index contributed by atoms with van der Waals surface area (Å²) in [4.78, 5) is 0. The van der Waals surface area contributed by atoms with E-state index in [9.17, 15) is 5.11 Å². The SMILES string of the molecule is CC1(C)C(C)(C)C12CCC(O)CC2.CC1(C)CCC(O)CC1. The van der Waals surface area contributed by atoms with E-state index in [1.165, 1.54) is 25.7 Å². The molecule has 0 amide bonds. The van der Waals surface area contributed by atoms with Crippen LogP contribution in [-0.4, -0.2) is 22.4 Å². The summed E-state index contributed by atoms with van der Waals surface area (Å²) in [7, 11) is 0. The monoisotopic (exact) mass is 310 g/mol. The average molecular weight is 311 g/mol. The zero-order valence-electron chi connectivity index (χ0n) is 15.7. The Bertz CT molecular complexity index is 361. The fourth-order valence-electron chi connectivity index (χ4n) is 5.27. The first kappa shape index (κ1) is 18.3. The van der Waals surface area contributed by atoms with E-state index in [0.717, 1.165) is 25.7 Å². The maximum Gasteiger partial charge on any atom is 0.0540 e. The Hall–Kier alpha value is -0.0800. The summed E-state index contributed by atoms with van der Waals surface area (Å²) < 4.78 is 0. The molecule has 3 fully saturated rings. The highest BCUT2D eigenvalue weighted by atomic mass is 16.3. The van der Waals surface area contributed by atoms with Gasteiger partial charge in [0.2, 0.25) is 0 Å². The van der Waals surface area contributed by atoms with Crippen molar-refractivity contribution in [1.29, 1.82) is 0 Å². The second-order valence-corrected chi connectivity index (χ2v) is 9.96. The molecule has 3 aliphatic carbocycles. The molecule has 2 N–H and O–H groups in total. The molecule has 0 unspecified atom stereocenters. The Morgan fingerprint density at radius 1 is 0.591 bits per heavy atom. The largest absolute Gasteiger partial charge is 0.393 e. The smallest absolute Gasteiger partial charge is 0.0540 e. The van der Waals surface area contributed by atoms with Gasteiger partial charge in [-0.1, -0.05) is 41.5 Å². The molecule has 0 aromatic heterocycles. The molecule has 3 saturated carbocycles. The molecule has 2 nitrogen and oxygen atoms in total. The van der Waals surface area contributed by atoms with E-state index in [4.69, 9.17) is 5.11 Å². The minimum absolute atomic E-state index is 0.00183. The maximum absolute atomic E-state index is 9.51. The standard InChI is InChI=1S/C12H22O.C8H16O/c1-10(2)11(3,4)12(10)7-5-9(13)6-8-12;1-8(2)5-3-7(9)4-6-8/h9,13H,5-8H2,1-4H3;7,9H,3-6H2,1-2H3. The van der Waals surface area contributed by atoms with Gasteiger partial charge in [-0.2, -0.15) is 0 Å². The Labute approximate surface area is 137 Å². The molecule has 0 aromatic carbocycles. The molecule has 0 aromatic rings. The summed E-state index contributed by atoms with van der Waals surface area (Å²) in [5.74, 6) is 0. The van der Waals surface area contributed by atoms with Crippen LogP contribution in [-0.2, 0) is 0 Å². The van der Waals surface area contributed by atoms with Crippen molar-refractivity contribution in [2.24, 2.45) is 21.7 Å². The second kappa shape index (κ2) is 5.77. The van der Waals surface area contributed by atoms with Crippen LogP contribution in [0.3, 0.4) is 0 Å². The fraction of sp³-hybridized carbons (Fsp3) is 1.00. The van der Waals surface area contributed by atoms with Gasteiger partial charge >= 0.3 is 0 Å². The number of aliphatic hydroxyl groups is 2. The van der Waals surface area contributed by atoms with Gasteiger partial charge in [-0.3, -0.25) is 0 Å². The Kier molecular flexibility index (Phi) is 4.79. The van der Waals surface area contributed by atoms with Crippen LogP contribution in [0.5, 0.6) is 0 Å². The van der Waals surface area contributed by atoms with Gasteiger partial charge < -0.3 is 10.2 Å². The van der Waals surface area contributed by atoms with Gasteiger partial charge in [0.1, 0.15) is 0 Å². The summed E-state index contributed by atoms with van der Waals surface area (Å²) in [6.45, 7) is 14.1. The summed E-state index contributed by atoms with van der Waals surface area (Å²) >= 11 is 0. The average Bonchev–Trinajstić information content (AvgIpc) is 2.75. The van der Waals surface area contributed by atoms with Crippen molar-refractivity contribution >= 4 is 0 Å². The van der Waals surface area contributed by atoms with Crippen LogP contribution in [0.2, 0.25) is 0 Å². The van der Waals surface area contributed by atoms with Gasteiger partial charge in [-0.05, 0) is 73.0 Å². The Morgan fingerprint density at radius 2 is 0.909 bits per heavy atom. The lowest BCUT2D eigenvalue weighted by atomic mass is 9.76. The predicted octanol–water partition coefficient (Wildman–Crippen LogP) is 4.92. The molecule has 0 atom stereocenters. The number of hydrogen-bond acceptors (Lipinski definition) is 2. The normalized spacial score (nSPS) is 32.2. The highest BCUT2D eigenvalue weighted by Gasteiger charge is 2.75. The number of rotatable bonds is 0. The summed E-state index contributed by atoms with van der Waals surface area (Å²) in [5.41, 5.74) is 2.01. The second-order valence-electron chi connectivity index (χ2n) is 9.96. The summed E-state index contributed by atoms with van der Waals surface area (Å²) in [6, 6.07) is 0. The molecule has 0 saturated heterocycles. The minimum Gasteiger partial charge on any atom is -0.393 e.